The van der Waals surface area contributed by atoms with E-state index in [9.17, 15) is 0 Å². The Morgan fingerprint density at radius 2 is 1.79 bits per heavy atom. The summed E-state index contributed by atoms with van der Waals surface area (Å²) in [5, 5.41) is 3.71. The van der Waals surface area contributed by atoms with Crippen LogP contribution in [0.1, 0.15) is 65.2 Å². The summed E-state index contributed by atoms with van der Waals surface area (Å²) in [6.45, 7) is 9.94. The fraction of sp³-hybridized carbons (Fsp3) is 1.00. The smallest absolute Gasteiger partial charge is 0.0195 e. The number of rotatable bonds is 6. The minimum atomic E-state index is 0.766. The fourth-order valence-electron chi connectivity index (χ4n) is 3.84. The zero-order valence-corrected chi connectivity index (χ0v) is 13.2. The molecule has 1 heterocycles. The Hall–Kier alpha value is -0.0800. The highest BCUT2D eigenvalue weighted by Gasteiger charge is 2.22. The molecule has 1 saturated heterocycles. The van der Waals surface area contributed by atoms with Crippen molar-refractivity contribution < 1.29 is 0 Å². The molecular weight excluding hydrogens is 232 g/mol. The number of piperidine rings is 1. The van der Waals surface area contributed by atoms with Crippen molar-refractivity contribution >= 4 is 0 Å². The molecule has 1 atom stereocenters. The summed E-state index contributed by atoms with van der Waals surface area (Å²) in [5.41, 5.74) is 0. The van der Waals surface area contributed by atoms with Gasteiger partial charge in [0.15, 0.2) is 0 Å². The number of nitrogens with one attached hydrogen (secondary N) is 1. The second kappa shape index (κ2) is 8.26. The van der Waals surface area contributed by atoms with Crippen molar-refractivity contribution in [1.29, 1.82) is 0 Å². The van der Waals surface area contributed by atoms with Crippen LogP contribution >= 0.6 is 0 Å². The first kappa shape index (κ1) is 15.3. The van der Waals surface area contributed by atoms with E-state index in [1.165, 1.54) is 77.5 Å². The maximum Gasteiger partial charge on any atom is 0.0195 e. The van der Waals surface area contributed by atoms with Crippen LogP contribution in [0.5, 0.6) is 0 Å². The molecular formula is C17H34N2. The Morgan fingerprint density at radius 3 is 2.42 bits per heavy atom. The molecule has 0 amide bonds. The lowest BCUT2D eigenvalue weighted by atomic mass is 9.82. The molecule has 1 aliphatic carbocycles. The van der Waals surface area contributed by atoms with E-state index in [2.05, 4.69) is 24.1 Å². The highest BCUT2D eigenvalue weighted by Crippen LogP contribution is 2.29. The van der Waals surface area contributed by atoms with Crippen LogP contribution in [0.25, 0.3) is 0 Å². The van der Waals surface area contributed by atoms with Gasteiger partial charge in [0.25, 0.3) is 0 Å². The Morgan fingerprint density at radius 1 is 1.00 bits per heavy atom. The van der Waals surface area contributed by atoms with Gasteiger partial charge in [0.2, 0.25) is 0 Å². The largest absolute Gasteiger partial charge is 0.313 e. The van der Waals surface area contributed by atoms with Crippen LogP contribution in [0.2, 0.25) is 0 Å². The van der Waals surface area contributed by atoms with Crippen molar-refractivity contribution in [3.8, 4) is 0 Å². The predicted molar refractivity (Wildman–Crippen MR) is 83.5 cm³/mol. The van der Waals surface area contributed by atoms with Gasteiger partial charge in [-0.2, -0.15) is 0 Å². The van der Waals surface area contributed by atoms with E-state index in [1.54, 1.807) is 0 Å². The zero-order valence-electron chi connectivity index (χ0n) is 13.2. The molecule has 2 rings (SSSR count). The van der Waals surface area contributed by atoms with Gasteiger partial charge >= 0.3 is 0 Å². The molecule has 0 bridgehead atoms. The highest BCUT2D eigenvalue weighted by atomic mass is 15.1. The lowest BCUT2D eigenvalue weighted by Gasteiger charge is -2.35. The SMILES string of the molecule is CCCN(CC1CCC(C)CC1)CC1CCCCN1. The minimum absolute atomic E-state index is 0.766. The number of nitrogens with zero attached hydrogens (tertiary/aromatic N) is 1. The average molecular weight is 266 g/mol. The minimum Gasteiger partial charge on any atom is -0.313 e. The van der Waals surface area contributed by atoms with Crippen LogP contribution in [0.4, 0.5) is 0 Å². The zero-order chi connectivity index (χ0) is 13.5. The topological polar surface area (TPSA) is 15.3 Å². The summed E-state index contributed by atoms with van der Waals surface area (Å²) < 4.78 is 0. The highest BCUT2D eigenvalue weighted by molar-refractivity contribution is 4.79. The Bertz CT molecular complexity index is 227. The van der Waals surface area contributed by atoms with Crippen molar-refractivity contribution in [2.24, 2.45) is 11.8 Å². The molecule has 1 N–H and O–H groups in total. The average Bonchev–Trinajstić information content (AvgIpc) is 2.43. The third-order valence-corrected chi connectivity index (χ3v) is 5.08. The first-order valence-corrected chi connectivity index (χ1v) is 8.73. The summed E-state index contributed by atoms with van der Waals surface area (Å²) in [6, 6.07) is 0.766. The van der Waals surface area contributed by atoms with Crippen molar-refractivity contribution in [3.05, 3.63) is 0 Å². The van der Waals surface area contributed by atoms with Crippen LogP contribution in [-0.2, 0) is 0 Å². The maximum absolute atomic E-state index is 3.71. The lowest BCUT2D eigenvalue weighted by Crippen LogP contribution is -2.45. The molecule has 0 radical (unpaired) electrons. The van der Waals surface area contributed by atoms with E-state index in [0.717, 1.165) is 17.9 Å². The van der Waals surface area contributed by atoms with E-state index in [1.807, 2.05) is 0 Å². The molecule has 2 aliphatic rings. The quantitative estimate of drug-likeness (QED) is 0.789. The number of hydrogen-bond donors (Lipinski definition) is 1. The fourth-order valence-corrected chi connectivity index (χ4v) is 3.84. The molecule has 0 aromatic heterocycles. The second-order valence-corrected chi connectivity index (χ2v) is 7.03. The van der Waals surface area contributed by atoms with Gasteiger partial charge in [0, 0.05) is 19.1 Å². The lowest BCUT2D eigenvalue weighted by molar-refractivity contribution is 0.164. The summed E-state index contributed by atoms with van der Waals surface area (Å²) in [7, 11) is 0. The van der Waals surface area contributed by atoms with Crippen LogP contribution in [0, 0.1) is 11.8 Å². The Kier molecular flexibility index (Phi) is 6.66. The summed E-state index contributed by atoms with van der Waals surface area (Å²) in [5.74, 6) is 1.96. The Balaban J connectivity index is 1.74. The van der Waals surface area contributed by atoms with Crippen molar-refractivity contribution in [3.63, 3.8) is 0 Å². The molecule has 19 heavy (non-hydrogen) atoms. The molecule has 1 aliphatic heterocycles. The first-order valence-electron chi connectivity index (χ1n) is 8.73. The van der Waals surface area contributed by atoms with Crippen LogP contribution in [0.15, 0.2) is 0 Å². The van der Waals surface area contributed by atoms with Crippen LogP contribution in [-0.4, -0.2) is 37.1 Å². The third kappa shape index (κ3) is 5.43. The molecule has 2 heteroatoms. The maximum atomic E-state index is 3.71. The normalized spacial score (nSPS) is 32.7. The predicted octanol–water partition coefficient (Wildman–Crippen LogP) is 3.67. The molecule has 112 valence electrons. The van der Waals surface area contributed by atoms with Gasteiger partial charge in [0.05, 0.1) is 0 Å². The van der Waals surface area contributed by atoms with E-state index >= 15 is 0 Å². The summed E-state index contributed by atoms with van der Waals surface area (Å²) in [6.07, 6.45) is 11.4. The number of hydrogen-bond acceptors (Lipinski definition) is 2. The van der Waals surface area contributed by atoms with Gasteiger partial charge in [-0.1, -0.05) is 33.1 Å². The van der Waals surface area contributed by atoms with Gasteiger partial charge in [-0.3, -0.25) is 0 Å². The molecule has 1 unspecified atom stereocenters. The standard InChI is InChI=1S/C17H34N2/c1-3-12-19(14-17-6-4-5-11-18-17)13-16-9-7-15(2)8-10-16/h15-18H,3-14H2,1-2H3. The third-order valence-electron chi connectivity index (χ3n) is 5.08. The van der Waals surface area contributed by atoms with Gasteiger partial charge in [-0.25, -0.2) is 0 Å². The van der Waals surface area contributed by atoms with E-state index in [4.69, 9.17) is 0 Å². The molecule has 1 saturated carbocycles. The van der Waals surface area contributed by atoms with Crippen LogP contribution in [0.3, 0.4) is 0 Å². The Labute approximate surface area is 120 Å². The molecule has 0 aromatic carbocycles. The van der Waals surface area contributed by atoms with Gasteiger partial charge in [-0.05, 0) is 57.0 Å². The van der Waals surface area contributed by atoms with Crippen LogP contribution < -0.4 is 5.32 Å². The van der Waals surface area contributed by atoms with Gasteiger partial charge in [0.1, 0.15) is 0 Å². The molecule has 2 nitrogen and oxygen atoms in total. The van der Waals surface area contributed by atoms with E-state index < -0.39 is 0 Å². The van der Waals surface area contributed by atoms with E-state index in [0.29, 0.717) is 0 Å². The summed E-state index contributed by atoms with van der Waals surface area (Å²) >= 11 is 0. The second-order valence-electron chi connectivity index (χ2n) is 7.03. The monoisotopic (exact) mass is 266 g/mol. The molecule has 2 fully saturated rings. The first-order chi connectivity index (χ1) is 9.28. The summed E-state index contributed by atoms with van der Waals surface area (Å²) in [4.78, 5) is 2.75. The van der Waals surface area contributed by atoms with Crippen molar-refractivity contribution in [2.45, 2.75) is 71.3 Å². The van der Waals surface area contributed by atoms with Gasteiger partial charge in [-0.15, -0.1) is 0 Å². The molecule has 0 spiro atoms. The van der Waals surface area contributed by atoms with Gasteiger partial charge < -0.3 is 10.2 Å². The molecule has 0 aromatic rings. The van der Waals surface area contributed by atoms with E-state index in [-0.39, 0.29) is 0 Å². The van der Waals surface area contributed by atoms with Crippen molar-refractivity contribution in [1.82, 2.24) is 10.2 Å². The van der Waals surface area contributed by atoms with Crippen molar-refractivity contribution in [2.75, 3.05) is 26.2 Å².